The Morgan fingerprint density at radius 2 is 1.91 bits per heavy atom. The van der Waals surface area contributed by atoms with E-state index >= 15 is 0 Å². The summed E-state index contributed by atoms with van der Waals surface area (Å²) < 4.78 is 0. The molecular weight excluding hydrogens is 438 g/mol. The maximum atomic E-state index is 12.2. The molecule has 1 atom stereocenters. The second kappa shape index (κ2) is 9.15. The molecule has 0 radical (unpaired) electrons. The van der Waals surface area contributed by atoms with Gasteiger partial charge in [-0.1, -0.05) is 42.5 Å². The number of aromatic nitrogens is 5. The lowest BCUT2D eigenvalue weighted by molar-refractivity contribution is -0.107. The van der Waals surface area contributed by atoms with Gasteiger partial charge >= 0.3 is 0 Å². The first kappa shape index (κ1) is 21.2. The topological polar surface area (TPSA) is 93.8 Å². The first-order valence-electron chi connectivity index (χ1n) is 11.7. The van der Waals surface area contributed by atoms with E-state index in [4.69, 9.17) is 0 Å². The van der Waals surface area contributed by atoms with E-state index in [2.05, 4.69) is 60.6 Å². The van der Waals surface area contributed by atoms with E-state index in [1.807, 2.05) is 47.4 Å². The van der Waals surface area contributed by atoms with Crippen molar-refractivity contribution in [3.05, 3.63) is 84.7 Å². The summed E-state index contributed by atoms with van der Waals surface area (Å²) in [5.41, 5.74) is 5.84. The number of rotatable bonds is 7. The van der Waals surface area contributed by atoms with Gasteiger partial charge in [-0.25, -0.2) is 4.98 Å². The van der Waals surface area contributed by atoms with Crippen LogP contribution in [-0.4, -0.2) is 55.8 Å². The lowest BCUT2D eigenvalue weighted by Gasteiger charge is -2.25. The SMILES string of the molecule is O=CN(c1cccc(-c2n[nH]c3ccc(-c4ncn[nH]4)cc23)c1)C1CCN(Cc2ccccc2)C1. The molecule has 3 heterocycles. The second-order valence-corrected chi connectivity index (χ2v) is 8.89. The summed E-state index contributed by atoms with van der Waals surface area (Å²) in [5, 5.41) is 15.6. The number of carbonyl (C=O) groups is 1. The molecule has 2 aromatic heterocycles. The van der Waals surface area contributed by atoms with Crippen LogP contribution in [0.25, 0.3) is 33.5 Å². The molecule has 1 aliphatic rings. The van der Waals surface area contributed by atoms with Gasteiger partial charge in [0.15, 0.2) is 5.82 Å². The molecule has 174 valence electrons. The normalized spacial score (nSPS) is 16.1. The number of amides is 1. The Morgan fingerprint density at radius 1 is 1.00 bits per heavy atom. The Labute approximate surface area is 202 Å². The smallest absolute Gasteiger partial charge is 0.214 e. The minimum Gasteiger partial charge on any atom is -0.311 e. The highest BCUT2D eigenvalue weighted by Crippen LogP contribution is 2.32. The summed E-state index contributed by atoms with van der Waals surface area (Å²) in [5.74, 6) is 0.709. The van der Waals surface area contributed by atoms with Crippen molar-refractivity contribution in [2.24, 2.45) is 0 Å². The van der Waals surface area contributed by atoms with Crippen molar-refractivity contribution in [2.45, 2.75) is 19.0 Å². The molecule has 35 heavy (non-hydrogen) atoms. The number of nitrogens with one attached hydrogen (secondary N) is 2. The number of carbonyl (C=O) groups excluding carboxylic acids is 1. The van der Waals surface area contributed by atoms with E-state index in [-0.39, 0.29) is 6.04 Å². The first-order chi connectivity index (χ1) is 17.3. The van der Waals surface area contributed by atoms with Crippen LogP contribution in [-0.2, 0) is 11.3 Å². The first-order valence-corrected chi connectivity index (χ1v) is 11.7. The minimum absolute atomic E-state index is 0.139. The largest absolute Gasteiger partial charge is 0.311 e. The van der Waals surface area contributed by atoms with Crippen molar-refractivity contribution < 1.29 is 4.79 Å². The predicted molar refractivity (Wildman–Crippen MR) is 136 cm³/mol. The number of hydrogen-bond donors (Lipinski definition) is 2. The molecule has 1 aliphatic heterocycles. The van der Waals surface area contributed by atoms with Crippen LogP contribution in [0.15, 0.2) is 79.1 Å². The summed E-state index contributed by atoms with van der Waals surface area (Å²) in [6.45, 7) is 2.72. The zero-order valence-corrected chi connectivity index (χ0v) is 19.1. The van der Waals surface area contributed by atoms with E-state index in [1.165, 1.54) is 11.9 Å². The van der Waals surface area contributed by atoms with Crippen molar-refractivity contribution in [3.8, 4) is 22.6 Å². The van der Waals surface area contributed by atoms with Crippen molar-refractivity contribution in [3.63, 3.8) is 0 Å². The third kappa shape index (κ3) is 4.20. The van der Waals surface area contributed by atoms with E-state index in [1.54, 1.807) is 0 Å². The zero-order valence-electron chi connectivity index (χ0n) is 19.1. The molecule has 1 amide bonds. The lowest BCUT2D eigenvalue weighted by atomic mass is 10.0. The number of nitrogens with zero attached hydrogens (tertiary/aromatic N) is 5. The summed E-state index contributed by atoms with van der Waals surface area (Å²) in [4.78, 5) is 20.7. The fourth-order valence-electron chi connectivity index (χ4n) is 4.92. The van der Waals surface area contributed by atoms with Gasteiger partial charge < -0.3 is 4.90 Å². The molecule has 0 bridgehead atoms. The monoisotopic (exact) mass is 463 g/mol. The van der Waals surface area contributed by atoms with Crippen molar-refractivity contribution in [1.82, 2.24) is 30.3 Å². The van der Waals surface area contributed by atoms with E-state index in [9.17, 15) is 4.79 Å². The number of hydrogen-bond acceptors (Lipinski definition) is 5. The van der Waals surface area contributed by atoms with E-state index in [0.717, 1.165) is 65.9 Å². The summed E-state index contributed by atoms with van der Waals surface area (Å²) in [6.07, 6.45) is 3.40. The van der Waals surface area contributed by atoms with E-state index in [0.29, 0.717) is 5.82 Å². The molecule has 0 saturated carbocycles. The molecule has 8 nitrogen and oxygen atoms in total. The van der Waals surface area contributed by atoms with Crippen LogP contribution in [0.2, 0.25) is 0 Å². The highest BCUT2D eigenvalue weighted by Gasteiger charge is 2.28. The quantitative estimate of drug-likeness (QED) is 0.352. The Morgan fingerprint density at radius 3 is 2.74 bits per heavy atom. The Hall–Kier alpha value is -4.30. The Balaban J connectivity index is 1.26. The molecule has 2 N–H and O–H groups in total. The number of likely N-dealkylation sites (tertiary alicyclic amines) is 1. The van der Waals surface area contributed by atoms with Crippen LogP contribution in [0.3, 0.4) is 0 Å². The fraction of sp³-hybridized carbons (Fsp3) is 0.185. The summed E-state index contributed by atoms with van der Waals surface area (Å²) in [7, 11) is 0. The maximum Gasteiger partial charge on any atom is 0.214 e. The van der Waals surface area contributed by atoms with Gasteiger partial charge in [0.2, 0.25) is 6.41 Å². The van der Waals surface area contributed by atoms with Gasteiger partial charge in [-0.15, -0.1) is 0 Å². The third-order valence-electron chi connectivity index (χ3n) is 6.67. The average Bonchev–Trinajstić information content (AvgIpc) is 3.67. The number of fused-ring (bicyclic) bond motifs is 1. The molecule has 8 heteroatoms. The Bertz CT molecular complexity index is 1450. The van der Waals surface area contributed by atoms with Crippen LogP contribution in [0.1, 0.15) is 12.0 Å². The molecule has 1 unspecified atom stereocenters. The van der Waals surface area contributed by atoms with Crippen molar-refractivity contribution in [1.29, 1.82) is 0 Å². The molecule has 1 saturated heterocycles. The highest BCUT2D eigenvalue weighted by molar-refractivity contribution is 5.96. The van der Waals surface area contributed by atoms with Crippen molar-refractivity contribution >= 4 is 23.0 Å². The molecular formula is C27H25N7O. The van der Waals surface area contributed by atoms with E-state index < -0.39 is 0 Å². The number of benzene rings is 3. The van der Waals surface area contributed by atoms with Gasteiger partial charge in [0.25, 0.3) is 0 Å². The zero-order chi connectivity index (χ0) is 23.6. The van der Waals surface area contributed by atoms with Gasteiger partial charge in [0.1, 0.15) is 6.33 Å². The molecule has 0 spiro atoms. The molecule has 6 rings (SSSR count). The minimum atomic E-state index is 0.139. The molecule has 3 aromatic carbocycles. The lowest BCUT2D eigenvalue weighted by Crippen LogP contribution is -2.36. The molecule has 1 fully saturated rings. The predicted octanol–water partition coefficient (Wildman–Crippen LogP) is 4.25. The standard InChI is InChI=1S/C27H25N7O/c35-18-34(23-11-12-33(16-23)15-19-5-2-1-3-6-19)22-8-4-7-20(13-22)26-24-14-21(27-28-17-29-32-27)9-10-25(24)30-31-26/h1-10,13-14,17-18,23H,11-12,15-16H2,(H,30,31)(H,28,29,32). The van der Waals surface area contributed by atoms with Crippen LogP contribution in [0, 0.1) is 0 Å². The van der Waals surface area contributed by atoms with Gasteiger partial charge in [0.05, 0.1) is 17.3 Å². The second-order valence-electron chi connectivity index (χ2n) is 8.89. The summed E-state index contributed by atoms with van der Waals surface area (Å²) in [6, 6.07) is 24.7. The number of aromatic amines is 2. The van der Waals surface area contributed by atoms with Crippen LogP contribution in [0.5, 0.6) is 0 Å². The number of anilines is 1. The van der Waals surface area contributed by atoms with Gasteiger partial charge in [-0.05, 0) is 42.3 Å². The van der Waals surface area contributed by atoms with Gasteiger partial charge in [0, 0.05) is 41.8 Å². The Kier molecular flexibility index (Phi) is 5.56. The van der Waals surface area contributed by atoms with Crippen molar-refractivity contribution in [2.75, 3.05) is 18.0 Å². The molecule has 0 aliphatic carbocycles. The van der Waals surface area contributed by atoms with Gasteiger partial charge in [-0.3, -0.25) is 19.9 Å². The van der Waals surface area contributed by atoms with Crippen LogP contribution in [0.4, 0.5) is 5.69 Å². The summed E-state index contributed by atoms with van der Waals surface area (Å²) >= 11 is 0. The fourth-order valence-corrected chi connectivity index (χ4v) is 4.92. The third-order valence-corrected chi connectivity index (χ3v) is 6.67. The van der Waals surface area contributed by atoms with Gasteiger partial charge in [-0.2, -0.15) is 10.2 Å². The maximum absolute atomic E-state index is 12.2. The van der Waals surface area contributed by atoms with Crippen LogP contribution < -0.4 is 4.90 Å². The average molecular weight is 464 g/mol. The molecule has 5 aromatic rings. The highest BCUT2D eigenvalue weighted by atomic mass is 16.1. The van der Waals surface area contributed by atoms with Crippen LogP contribution >= 0.6 is 0 Å². The number of H-pyrrole nitrogens is 2.